The Morgan fingerprint density at radius 2 is 2.04 bits per heavy atom. The van der Waals surface area contributed by atoms with Crippen LogP contribution in [0.4, 0.5) is 10.1 Å². The molecule has 4 nitrogen and oxygen atoms in total. The first-order chi connectivity index (χ1) is 13.8. The highest BCUT2D eigenvalue weighted by Crippen LogP contribution is 2.38. The van der Waals surface area contributed by atoms with Crippen LogP contribution >= 0.6 is 11.3 Å². The fourth-order valence-electron chi connectivity index (χ4n) is 4.47. The molecule has 0 bridgehead atoms. The fraction of sp³-hybridized carbons (Fsp3) is 0.455. The second kappa shape index (κ2) is 7.85. The molecule has 2 saturated heterocycles. The third kappa shape index (κ3) is 3.56. The maximum atomic E-state index is 14.6. The predicted octanol–water partition coefficient (Wildman–Crippen LogP) is 4.73. The van der Waals surface area contributed by atoms with Crippen LogP contribution in [0.25, 0.3) is 21.3 Å². The second-order valence-electron chi connectivity index (χ2n) is 7.83. The van der Waals surface area contributed by atoms with Gasteiger partial charge in [-0.05, 0) is 50.2 Å². The average Bonchev–Trinajstić information content (AvgIpc) is 3.39. The summed E-state index contributed by atoms with van der Waals surface area (Å²) in [5.41, 5.74) is 2.85. The largest absolute Gasteiger partial charge is 0.373 e. The molecule has 148 valence electrons. The molecule has 2 aliphatic heterocycles. The van der Waals surface area contributed by atoms with Crippen molar-refractivity contribution in [3.63, 3.8) is 0 Å². The summed E-state index contributed by atoms with van der Waals surface area (Å²) in [7, 11) is 0. The molecule has 5 rings (SSSR count). The zero-order chi connectivity index (χ0) is 18.9. The minimum absolute atomic E-state index is 0.162. The number of hydrogen-bond donors (Lipinski definition) is 1. The van der Waals surface area contributed by atoms with Crippen molar-refractivity contribution in [1.82, 2.24) is 9.88 Å². The lowest BCUT2D eigenvalue weighted by atomic mass is 10.1. The summed E-state index contributed by atoms with van der Waals surface area (Å²) >= 11 is 1.62. The van der Waals surface area contributed by atoms with Crippen molar-refractivity contribution >= 4 is 27.9 Å². The van der Waals surface area contributed by atoms with Gasteiger partial charge in [-0.3, -0.25) is 0 Å². The molecular formula is C22H26FN3OS. The van der Waals surface area contributed by atoms with Crippen LogP contribution in [0.2, 0.25) is 0 Å². The number of H-pyrrole nitrogens is 1. The maximum Gasteiger partial charge on any atom is 0.132 e. The van der Waals surface area contributed by atoms with Gasteiger partial charge in [0, 0.05) is 58.2 Å². The zero-order valence-electron chi connectivity index (χ0n) is 16.0. The molecule has 1 aromatic carbocycles. The van der Waals surface area contributed by atoms with E-state index in [0.29, 0.717) is 5.56 Å². The van der Waals surface area contributed by atoms with Crippen molar-refractivity contribution in [1.29, 1.82) is 0 Å². The molecule has 4 heterocycles. The second-order valence-corrected chi connectivity index (χ2v) is 8.74. The molecule has 1 N–H and O–H groups in total. The van der Waals surface area contributed by atoms with Crippen molar-refractivity contribution in [2.75, 3.05) is 44.2 Å². The summed E-state index contributed by atoms with van der Waals surface area (Å²) in [4.78, 5) is 9.10. The van der Waals surface area contributed by atoms with Crippen molar-refractivity contribution < 1.29 is 9.13 Å². The first kappa shape index (κ1) is 18.2. The minimum Gasteiger partial charge on any atom is -0.373 e. The van der Waals surface area contributed by atoms with E-state index >= 15 is 0 Å². The van der Waals surface area contributed by atoms with Crippen LogP contribution in [0.15, 0.2) is 35.8 Å². The highest BCUT2D eigenvalue weighted by molar-refractivity contribution is 7.14. The van der Waals surface area contributed by atoms with Gasteiger partial charge >= 0.3 is 0 Å². The van der Waals surface area contributed by atoms with E-state index in [-0.39, 0.29) is 11.9 Å². The lowest BCUT2D eigenvalue weighted by Gasteiger charge is -2.37. The Hall–Kier alpha value is -1.89. The number of hydrogen-bond acceptors (Lipinski definition) is 4. The molecule has 2 fully saturated rings. The quantitative estimate of drug-likeness (QED) is 0.688. The van der Waals surface area contributed by atoms with Gasteiger partial charge in [-0.1, -0.05) is 6.42 Å². The number of ether oxygens (including phenoxy) is 1. The number of nitrogens with one attached hydrogen (secondary N) is 1. The van der Waals surface area contributed by atoms with Gasteiger partial charge < -0.3 is 19.5 Å². The molecule has 1 atom stereocenters. The number of morpholine rings is 1. The summed E-state index contributed by atoms with van der Waals surface area (Å²) in [6.07, 6.45) is 6.09. The van der Waals surface area contributed by atoms with E-state index in [9.17, 15) is 4.39 Å². The maximum absolute atomic E-state index is 14.6. The van der Waals surface area contributed by atoms with Gasteiger partial charge in [0.15, 0.2) is 0 Å². The molecule has 3 aromatic rings. The number of benzene rings is 1. The van der Waals surface area contributed by atoms with Crippen molar-refractivity contribution in [3.8, 4) is 10.4 Å². The van der Waals surface area contributed by atoms with E-state index < -0.39 is 0 Å². The van der Waals surface area contributed by atoms with Crippen molar-refractivity contribution in [2.45, 2.75) is 25.4 Å². The Balaban J connectivity index is 1.34. The number of likely N-dealkylation sites (tertiary alicyclic amines) is 1. The van der Waals surface area contributed by atoms with E-state index in [1.807, 2.05) is 12.3 Å². The third-order valence-electron chi connectivity index (χ3n) is 5.93. The number of thiophene rings is 1. The monoisotopic (exact) mass is 399 g/mol. The van der Waals surface area contributed by atoms with Gasteiger partial charge in [-0.15, -0.1) is 11.3 Å². The van der Waals surface area contributed by atoms with Gasteiger partial charge in [0.25, 0.3) is 0 Å². The standard InChI is InChI=1S/C22H26FN3OS/c23-19-4-5-20-18(6-7-24-20)22(19)21-12-16(15-28-21)26-10-11-27-17(14-26)13-25-8-2-1-3-9-25/h4-7,12,15,17,24H,1-3,8-11,13-14H2. The zero-order valence-corrected chi connectivity index (χ0v) is 16.8. The molecule has 0 radical (unpaired) electrons. The summed E-state index contributed by atoms with van der Waals surface area (Å²) in [6, 6.07) is 7.45. The van der Waals surface area contributed by atoms with E-state index in [1.54, 1.807) is 23.5 Å². The van der Waals surface area contributed by atoms with Crippen LogP contribution in [0.3, 0.4) is 0 Å². The molecule has 0 spiro atoms. The van der Waals surface area contributed by atoms with E-state index in [2.05, 4.69) is 26.2 Å². The first-order valence-electron chi connectivity index (χ1n) is 10.2. The molecular weight excluding hydrogens is 373 g/mol. The molecule has 28 heavy (non-hydrogen) atoms. The van der Waals surface area contributed by atoms with E-state index in [1.165, 1.54) is 38.0 Å². The normalized spacial score (nSPS) is 21.5. The van der Waals surface area contributed by atoms with Gasteiger partial charge in [-0.25, -0.2) is 4.39 Å². The number of aromatic amines is 1. The Kier molecular flexibility index (Phi) is 5.09. The molecule has 2 aromatic heterocycles. The predicted molar refractivity (Wildman–Crippen MR) is 114 cm³/mol. The number of aromatic nitrogens is 1. The molecule has 0 aliphatic carbocycles. The smallest absolute Gasteiger partial charge is 0.132 e. The Morgan fingerprint density at radius 3 is 2.93 bits per heavy atom. The van der Waals surface area contributed by atoms with Crippen LogP contribution in [0.5, 0.6) is 0 Å². The summed E-state index contributed by atoms with van der Waals surface area (Å²) in [5.74, 6) is -0.162. The SMILES string of the molecule is Fc1ccc2[nH]ccc2c1-c1cc(N2CCOC(CN3CCCCC3)C2)cs1. The van der Waals surface area contributed by atoms with Crippen LogP contribution in [0.1, 0.15) is 19.3 Å². The van der Waals surface area contributed by atoms with E-state index in [0.717, 1.165) is 42.0 Å². The molecule has 6 heteroatoms. The lowest BCUT2D eigenvalue weighted by Crippen LogP contribution is -2.48. The summed E-state index contributed by atoms with van der Waals surface area (Å²) < 4.78 is 20.7. The van der Waals surface area contributed by atoms with Crippen LogP contribution in [0, 0.1) is 5.82 Å². The number of piperidine rings is 1. The topological polar surface area (TPSA) is 31.5 Å². The molecule has 1 unspecified atom stereocenters. The summed E-state index contributed by atoms with van der Waals surface area (Å²) in [5, 5.41) is 3.10. The number of nitrogens with zero attached hydrogens (tertiary/aromatic N) is 2. The first-order valence-corrected chi connectivity index (χ1v) is 11.1. The van der Waals surface area contributed by atoms with Crippen LogP contribution in [-0.4, -0.2) is 55.3 Å². The summed E-state index contributed by atoms with van der Waals surface area (Å²) in [6.45, 7) is 5.97. The number of fused-ring (bicyclic) bond motifs is 1. The van der Waals surface area contributed by atoms with E-state index in [4.69, 9.17) is 4.74 Å². The van der Waals surface area contributed by atoms with Gasteiger partial charge in [0.1, 0.15) is 5.82 Å². The van der Waals surface area contributed by atoms with Gasteiger partial charge in [0.2, 0.25) is 0 Å². The molecule has 2 aliphatic rings. The van der Waals surface area contributed by atoms with Crippen molar-refractivity contribution in [3.05, 3.63) is 41.7 Å². The van der Waals surface area contributed by atoms with Crippen LogP contribution < -0.4 is 4.90 Å². The molecule has 0 saturated carbocycles. The highest BCUT2D eigenvalue weighted by atomic mass is 32.1. The third-order valence-corrected chi connectivity index (χ3v) is 6.87. The number of halogens is 1. The average molecular weight is 400 g/mol. The number of anilines is 1. The highest BCUT2D eigenvalue weighted by Gasteiger charge is 2.25. The Bertz CT molecular complexity index is 946. The van der Waals surface area contributed by atoms with Crippen LogP contribution in [-0.2, 0) is 4.74 Å². The minimum atomic E-state index is -0.162. The van der Waals surface area contributed by atoms with Gasteiger partial charge in [0.05, 0.1) is 12.7 Å². The number of rotatable bonds is 4. The van der Waals surface area contributed by atoms with Gasteiger partial charge in [-0.2, -0.15) is 0 Å². The van der Waals surface area contributed by atoms with Crippen molar-refractivity contribution in [2.24, 2.45) is 0 Å². The lowest BCUT2D eigenvalue weighted by molar-refractivity contribution is 0.0121. The fourth-order valence-corrected chi connectivity index (χ4v) is 5.45. The Morgan fingerprint density at radius 1 is 1.14 bits per heavy atom. The Labute approximate surface area is 168 Å². The molecule has 0 amide bonds.